The summed E-state index contributed by atoms with van der Waals surface area (Å²) in [6.45, 7) is 6.75. The fraction of sp³-hybridized carbons (Fsp3) is 0.381. The van der Waals surface area contributed by atoms with Crippen molar-refractivity contribution in [2.45, 2.75) is 44.2 Å². The van der Waals surface area contributed by atoms with Gasteiger partial charge in [-0.2, -0.15) is 0 Å². The molecule has 6 nitrogen and oxygen atoms in total. The lowest BCUT2D eigenvalue weighted by molar-refractivity contribution is 0.0742. The van der Waals surface area contributed by atoms with E-state index in [2.05, 4.69) is 4.72 Å². The Kier molecular flexibility index (Phi) is 6.88. The highest BCUT2D eigenvalue weighted by atomic mass is 32.2. The van der Waals surface area contributed by atoms with E-state index in [1.54, 1.807) is 27.7 Å². The van der Waals surface area contributed by atoms with Gasteiger partial charge in [-0.3, -0.25) is 4.79 Å². The molecule has 1 atom stereocenters. The van der Waals surface area contributed by atoms with Gasteiger partial charge in [0.2, 0.25) is 10.0 Å². The van der Waals surface area contributed by atoms with Crippen molar-refractivity contribution in [3.05, 3.63) is 59.2 Å². The van der Waals surface area contributed by atoms with Gasteiger partial charge in [0.05, 0.1) is 13.2 Å². The topological polar surface area (TPSA) is 75.7 Å². The Balaban J connectivity index is 2.41. The van der Waals surface area contributed by atoms with E-state index in [1.807, 2.05) is 0 Å². The number of carbonyl (C=O) groups is 1. The highest BCUT2D eigenvalue weighted by molar-refractivity contribution is 7.89. The summed E-state index contributed by atoms with van der Waals surface area (Å²) in [4.78, 5) is 14.1. The molecular weight excluding hydrogens is 414 g/mol. The Hall–Kier alpha value is -2.52. The summed E-state index contributed by atoms with van der Waals surface area (Å²) in [5, 5.41) is 0. The molecule has 0 bridgehead atoms. The molecule has 0 saturated heterocycles. The van der Waals surface area contributed by atoms with Gasteiger partial charge in [-0.15, -0.1) is 0 Å². The molecule has 1 unspecified atom stereocenters. The van der Waals surface area contributed by atoms with E-state index in [4.69, 9.17) is 4.74 Å². The zero-order valence-electron chi connectivity index (χ0n) is 17.8. The first-order valence-electron chi connectivity index (χ1n) is 9.21. The minimum absolute atomic E-state index is 0.0969. The highest BCUT2D eigenvalue weighted by Crippen LogP contribution is 2.28. The minimum atomic E-state index is -3.96. The van der Waals surface area contributed by atoms with Crippen LogP contribution in [0.1, 0.15) is 49.7 Å². The number of rotatable bonds is 6. The van der Waals surface area contributed by atoms with Crippen molar-refractivity contribution in [3.8, 4) is 5.75 Å². The van der Waals surface area contributed by atoms with Crippen LogP contribution < -0.4 is 9.46 Å². The molecule has 2 aromatic carbocycles. The molecule has 0 aliphatic rings. The van der Waals surface area contributed by atoms with Gasteiger partial charge in [-0.05, 0) is 63.6 Å². The molecule has 2 rings (SSSR count). The number of carbonyl (C=O) groups excluding carboxylic acids is 1. The average molecular weight is 441 g/mol. The number of halogens is 2. The summed E-state index contributed by atoms with van der Waals surface area (Å²) in [6.07, 6.45) is 0. The second kappa shape index (κ2) is 8.69. The molecule has 0 heterocycles. The van der Waals surface area contributed by atoms with Crippen LogP contribution in [0.2, 0.25) is 0 Å². The zero-order chi connectivity index (χ0) is 22.9. The SMILES string of the molecule is COc1ccc(C(=O)N(C)C(C)c2ccc(F)c(F)c2)cc1S(=O)(=O)NC(C)(C)C. The van der Waals surface area contributed by atoms with Crippen LogP contribution in [0.25, 0.3) is 0 Å². The van der Waals surface area contributed by atoms with Crippen molar-refractivity contribution >= 4 is 15.9 Å². The van der Waals surface area contributed by atoms with Crippen LogP contribution in [0.15, 0.2) is 41.3 Å². The van der Waals surface area contributed by atoms with E-state index in [0.717, 1.165) is 12.1 Å². The van der Waals surface area contributed by atoms with Crippen LogP contribution in [0.3, 0.4) is 0 Å². The Labute approximate surface area is 175 Å². The quantitative estimate of drug-likeness (QED) is 0.740. The van der Waals surface area contributed by atoms with Gasteiger partial charge < -0.3 is 9.64 Å². The third-order valence-corrected chi connectivity index (χ3v) is 6.25. The van der Waals surface area contributed by atoms with Crippen molar-refractivity contribution in [1.82, 2.24) is 9.62 Å². The second-order valence-corrected chi connectivity index (χ2v) is 9.64. The van der Waals surface area contributed by atoms with E-state index >= 15 is 0 Å². The number of methoxy groups -OCH3 is 1. The summed E-state index contributed by atoms with van der Waals surface area (Å²) in [5.74, 6) is -2.37. The normalized spacial score (nSPS) is 13.1. The smallest absolute Gasteiger partial charge is 0.254 e. The maximum absolute atomic E-state index is 13.6. The average Bonchev–Trinajstić information content (AvgIpc) is 2.66. The predicted octanol–water partition coefficient (Wildman–Crippen LogP) is 3.88. The molecule has 0 aliphatic carbocycles. The first-order valence-corrected chi connectivity index (χ1v) is 10.7. The lowest BCUT2D eigenvalue weighted by Gasteiger charge is -2.26. The molecule has 0 aromatic heterocycles. The third kappa shape index (κ3) is 5.34. The first kappa shape index (κ1) is 23.8. The number of benzene rings is 2. The minimum Gasteiger partial charge on any atom is -0.495 e. The van der Waals surface area contributed by atoms with Crippen LogP contribution in [-0.2, 0) is 10.0 Å². The van der Waals surface area contributed by atoms with E-state index in [1.165, 1.54) is 43.3 Å². The highest BCUT2D eigenvalue weighted by Gasteiger charge is 2.28. The monoisotopic (exact) mass is 440 g/mol. The standard InChI is InChI=1S/C21H26F2N2O4S/c1-13(14-7-9-16(22)17(23)11-14)25(5)20(26)15-8-10-18(29-6)19(12-15)30(27,28)24-21(2,3)4/h7-13,24H,1-6H3. The summed E-state index contributed by atoms with van der Waals surface area (Å²) in [5.41, 5.74) is -0.218. The molecule has 0 radical (unpaired) electrons. The number of hydrogen-bond donors (Lipinski definition) is 1. The van der Waals surface area contributed by atoms with Gasteiger partial charge in [0.15, 0.2) is 11.6 Å². The van der Waals surface area contributed by atoms with E-state index in [0.29, 0.717) is 5.56 Å². The maximum Gasteiger partial charge on any atom is 0.254 e. The van der Waals surface area contributed by atoms with Crippen molar-refractivity contribution in [3.63, 3.8) is 0 Å². The summed E-state index contributed by atoms with van der Waals surface area (Å²) < 4.78 is 60.1. The Morgan fingerprint density at radius 3 is 2.27 bits per heavy atom. The second-order valence-electron chi connectivity index (χ2n) is 7.99. The van der Waals surface area contributed by atoms with E-state index < -0.39 is 39.1 Å². The van der Waals surface area contributed by atoms with Gasteiger partial charge >= 0.3 is 0 Å². The Bertz CT molecular complexity index is 1050. The molecule has 1 amide bonds. The van der Waals surface area contributed by atoms with Gasteiger partial charge in [0, 0.05) is 18.2 Å². The molecule has 164 valence electrons. The molecule has 9 heteroatoms. The first-order chi connectivity index (χ1) is 13.8. The molecule has 30 heavy (non-hydrogen) atoms. The number of nitrogens with one attached hydrogen (secondary N) is 1. The van der Waals surface area contributed by atoms with Gasteiger partial charge in [-0.25, -0.2) is 21.9 Å². The van der Waals surface area contributed by atoms with Crippen LogP contribution >= 0.6 is 0 Å². The number of sulfonamides is 1. The fourth-order valence-corrected chi connectivity index (χ4v) is 4.47. The Morgan fingerprint density at radius 2 is 1.73 bits per heavy atom. The molecule has 2 aromatic rings. The number of ether oxygens (including phenoxy) is 1. The number of amides is 1. The fourth-order valence-electron chi connectivity index (χ4n) is 2.85. The molecular formula is C21H26F2N2O4S. The summed E-state index contributed by atoms with van der Waals surface area (Å²) in [6, 6.07) is 6.93. The molecule has 0 aliphatic heterocycles. The van der Waals surface area contributed by atoms with Crippen LogP contribution in [0, 0.1) is 11.6 Å². The Morgan fingerprint density at radius 1 is 1.10 bits per heavy atom. The van der Waals surface area contributed by atoms with Gasteiger partial charge in [-0.1, -0.05) is 6.07 Å². The van der Waals surface area contributed by atoms with Crippen molar-refractivity contribution in [2.24, 2.45) is 0 Å². The third-order valence-electron chi connectivity index (χ3n) is 4.47. The predicted molar refractivity (Wildman–Crippen MR) is 110 cm³/mol. The zero-order valence-corrected chi connectivity index (χ0v) is 18.6. The maximum atomic E-state index is 13.6. The van der Waals surface area contributed by atoms with Gasteiger partial charge in [0.25, 0.3) is 5.91 Å². The van der Waals surface area contributed by atoms with Crippen LogP contribution in [0.4, 0.5) is 8.78 Å². The van der Waals surface area contributed by atoms with E-state index in [-0.39, 0.29) is 16.2 Å². The van der Waals surface area contributed by atoms with Crippen molar-refractivity contribution in [1.29, 1.82) is 0 Å². The number of nitrogens with zero attached hydrogens (tertiary/aromatic N) is 1. The van der Waals surface area contributed by atoms with E-state index in [9.17, 15) is 22.0 Å². The van der Waals surface area contributed by atoms with Crippen LogP contribution in [0.5, 0.6) is 5.75 Å². The van der Waals surface area contributed by atoms with Gasteiger partial charge in [0.1, 0.15) is 10.6 Å². The lowest BCUT2D eigenvalue weighted by atomic mass is 10.1. The molecule has 1 N–H and O–H groups in total. The molecule has 0 spiro atoms. The largest absolute Gasteiger partial charge is 0.495 e. The number of hydrogen-bond acceptors (Lipinski definition) is 4. The van der Waals surface area contributed by atoms with Crippen molar-refractivity contribution in [2.75, 3.05) is 14.2 Å². The molecule has 0 fully saturated rings. The van der Waals surface area contributed by atoms with Crippen molar-refractivity contribution < 1.29 is 26.7 Å². The lowest BCUT2D eigenvalue weighted by Crippen LogP contribution is -2.40. The van der Waals surface area contributed by atoms with Crippen LogP contribution in [-0.4, -0.2) is 38.9 Å². The molecule has 0 saturated carbocycles. The summed E-state index contributed by atoms with van der Waals surface area (Å²) in [7, 11) is -1.12. The summed E-state index contributed by atoms with van der Waals surface area (Å²) >= 11 is 0.